The molecule has 3 aromatic rings. The molecule has 4 nitrogen and oxygen atoms in total. The molecule has 0 unspecified atom stereocenters. The van der Waals surface area contributed by atoms with E-state index in [0.717, 1.165) is 34.6 Å². The molecule has 1 N–H and O–H groups in total. The van der Waals surface area contributed by atoms with E-state index < -0.39 is 0 Å². The van der Waals surface area contributed by atoms with E-state index in [0.29, 0.717) is 0 Å². The van der Waals surface area contributed by atoms with Crippen molar-refractivity contribution in [2.75, 3.05) is 33.1 Å². The van der Waals surface area contributed by atoms with Crippen LogP contribution in [-0.2, 0) is 0 Å². The molecule has 0 saturated carbocycles. The maximum absolute atomic E-state index is 5.26. The van der Waals surface area contributed by atoms with Crippen molar-refractivity contribution in [2.45, 2.75) is 13.0 Å². The number of nitrogens with zero attached hydrogens (tertiary/aromatic N) is 2. The zero-order valence-electron chi connectivity index (χ0n) is 15.3. The van der Waals surface area contributed by atoms with E-state index in [9.17, 15) is 0 Å². The number of aromatic nitrogens is 1. The Kier molecular flexibility index (Phi) is 5.19. The number of ether oxygens (including phenoxy) is 1. The lowest BCUT2D eigenvalue weighted by Gasteiger charge is -2.26. The fraction of sp³-hybridized carbons (Fsp3) is 0.286. The van der Waals surface area contributed by atoms with Gasteiger partial charge in [0, 0.05) is 23.3 Å². The minimum Gasteiger partial charge on any atom is -0.497 e. The molecule has 0 aliphatic heterocycles. The first kappa shape index (κ1) is 17.2. The van der Waals surface area contributed by atoms with Crippen LogP contribution in [0.25, 0.3) is 10.9 Å². The number of likely N-dealkylation sites (N-methyl/N-ethyl adjacent to an activating group) is 1. The smallest absolute Gasteiger partial charge is 0.118 e. The molecule has 25 heavy (non-hydrogen) atoms. The predicted octanol–water partition coefficient (Wildman–Crippen LogP) is 4.27. The first-order valence-corrected chi connectivity index (χ1v) is 8.49. The number of methoxy groups -OCH3 is 1. The van der Waals surface area contributed by atoms with Crippen LogP contribution in [0.5, 0.6) is 5.75 Å². The summed E-state index contributed by atoms with van der Waals surface area (Å²) in [7, 11) is 5.90. The number of anilines is 1. The largest absolute Gasteiger partial charge is 0.497 e. The number of hydrogen-bond donors (Lipinski definition) is 1. The highest BCUT2D eigenvalue weighted by atomic mass is 16.5. The van der Waals surface area contributed by atoms with Crippen LogP contribution in [0.1, 0.15) is 17.3 Å². The molecular weight excluding hydrogens is 310 g/mol. The van der Waals surface area contributed by atoms with Crippen molar-refractivity contribution < 1.29 is 4.74 Å². The van der Waals surface area contributed by atoms with Crippen molar-refractivity contribution in [1.29, 1.82) is 0 Å². The number of fused-ring (bicyclic) bond motifs is 1. The third kappa shape index (κ3) is 3.91. The minimum atomic E-state index is 0.262. The highest BCUT2D eigenvalue weighted by Crippen LogP contribution is 2.26. The van der Waals surface area contributed by atoms with Crippen LogP contribution < -0.4 is 10.1 Å². The highest BCUT2D eigenvalue weighted by Gasteiger charge is 2.15. The molecule has 0 saturated heterocycles. The third-order valence-corrected chi connectivity index (χ3v) is 4.45. The van der Waals surface area contributed by atoms with Gasteiger partial charge < -0.3 is 15.0 Å². The number of nitrogens with one attached hydrogen (secondary N) is 1. The van der Waals surface area contributed by atoms with Gasteiger partial charge in [-0.2, -0.15) is 0 Å². The van der Waals surface area contributed by atoms with Gasteiger partial charge in [-0.05, 0) is 50.8 Å². The van der Waals surface area contributed by atoms with Gasteiger partial charge in [-0.25, -0.2) is 0 Å². The summed E-state index contributed by atoms with van der Waals surface area (Å²) in [6.45, 7) is 2.84. The van der Waals surface area contributed by atoms with Gasteiger partial charge in [-0.3, -0.25) is 4.98 Å². The average molecular weight is 335 g/mol. The summed E-state index contributed by atoms with van der Waals surface area (Å²) in [5.41, 5.74) is 4.43. The average Bonchev–Trinajstić information content (AvgIpc) is 2.62. The van der Waals surface area contributed by atoms with Gasteiger partial charge in [0.05, 0.1) is 18.7 Å². The maximum atomic E-state index is 5.26. The van der Waals surface area contributed by atoms with Crippen LogP contribution in [0.3, 0.4) is 0 Å². The van der Waals surface area contributed by atoms with E-state index in [1.165, 1.54) is 5.56 Å². The molecule has 130 valence electrons. The van der Waals surface area contributed by atoms with E-state index in [4.69, 9.17) is 4.74 Å². The van der Waals surface area contributed by atoms with E-state index in [2.05, 4.69) is 65.7 Å². The molecule has 0 fully saturated rings. The Labute approximate surface area is 149 Å². The van der Waals surface area contributed by atoms with Crippen LogP contribution in [0, 0.1) is 6.92 Å². The van der Waals surface area contributed by atoms with E-state index in [-0.39, 0.29) is 6.04 Å². The lowest BCUT2D eigenvalue weighted by molar-refractivity contribution is 0.311. The SMILES string of the molecule is COc1ccc([C@H](CNc2cc(C)nc3ccccc23)N(C)C)cc1. The second-order valence-electron chi connectivity index (χ2n) is 6.46. The quantitative estimate of drug-likeness (QED) is 0.730. The normalized spacial score (nSPS) is 12.4. The van der Waals surface area contributed by atoms with Gasteiger partial charge >= 0.3 is 0 Å². The minimum absolute atomic E-state index is 0.262. The van der Waals surface area contributed by atoms with Gasteiger partial charge in [0.25, 0.3) is 0 Å². The second-order valence-corrected chi connectivity index (χ2v) is 6.46. The standard InChI is InChI=1S/C21H25N3O/c1-15-13-20(18-7-5-6-8-19(18)23-15)22-14-21(24(2)3)16-9-11-17(25-4)12-10-16/h5-13,21H,14H2,1-4H3,(H,22,23)/t21-/m0/s1. The van der Waals surface area contributed by atoms with E-state index >= 15 is 0 Å². The summed E-state index contributed by atoms with van der Waals surface area (Å²) in [6.07, 6.45) is 0. The predicted molar refractivity (Wildman–Crippen MR) is 104 cm³/mol. The van der Waals surface area contributed by atoms with Crippen molar-refractivity contribution >= 4 is 16.6 Å². The molecule has 0 bridgehead atoms. The van der Waals surface area contributed by atoms with Gasteiger partial charge in [-0.15, -0.1) is 0 Å². The number of pyridine rings is 1. The zero-order chi connectivity index (χ0) is 17.8. The molecule has 1 aromatic heterocycles. The number of aryl methyl sites for hydroxylation is 1. The molecule has 4 heteroatoms. The lowest BCUT2D eigenvalue weighted by Crippen LogP contribution is -2.26. The third-order valence-electron chi connectivity index (χ3n) is 4.45. The summed E-state index contributed by atoms with van der Waals surface area (Å²) in [6, 6.07) is 18.9. The Bertz CT molecular complexity index is 843. The molecule has 1 atom stereocenters. The summed E-state index contributed by atoms with van der Waals surface area (Å²) in [5.74, 6) is 0.880. The second kappa shape index (κ2) is 7.53. The number of benzene rings is 2. The van der Waals surface area contributed by atoms with Gasteiger partial charge in [-0.1, -0.05) is 30.3 Å². The monoisotopic (exact) mass is 335 g/mol. The molecule has 0 spiro atoms. The summed E-state index contributed by atoms with van der Waals surface area (Å²) in [4.78, 5) is 6.84. The van der Waals surface area contributed by atoms with E-state index in [1.807, 2.05) is 25.1 Å². The summed E-state index contributed by atoms with van der Waals surface area (Å²) in [5, 5.41) is 4.78. The molecular formula is C21H25N3O. The Morgan fingerprint density at radius 2 is 1.80 bits per heavy atom. The van der Waals surface area contributed by atoms with Crippen molar-refractivity contribution in [3.8, 4) is 5.75 Å². The van der Waals surface area contributed by atoms with Crippen molar-refractivity contribution in [3.05, 3.63) is 65.9 Å². The molecule has 2 aromatic carbocycles. The molecule has 1 heterocycles. The first-order chi connectivity index (χ1) is 12.1. The van der Waals surface area contributed by atoms with E-state index in [1.54, 1.807) is 7.11 Å². The van der Waals surface area contributed by atoms with Gasteiger partial charge in [0.1, 0.15) is 5.75 Å². The Hall–Kier alpha value is -2.59. The van der Waals surface area contributed by atoms with Gasteiger partial charge in [0.2, 0.25) is 0 Å². The number of rotatable bonds is 6. The Morgan fingerprint density at radius 3 is 2.48 bits per heavy atom. The van der Waals surface area contributed by atoms with Gasteiger partial charge in [0.15, 0.2) is 0 Å². The lowest BCUT2D eigenvalue weighted by atomic mass is 10.1. The Morgan fingerprint density at radius 1 is 1.08 bits per heavy atom. The van der Waals surface area contributed by atoms with Crippen molar-refractivity contribution in [3.63, 3.8) is 0 Å². The molecule has 0 aliphatic carbocycles. The fourth-order valence-electron chi connectivity index (χ4n) is 3.09. The fourth-order valence-corrected chi connectivity index (χ4v) is 3.09. The van der Waals surface area contributed by atoms with Crippen LogP contribution in [-0.4, -0.2) is 37.6 Å². The molecule has 0 radical (unpaired) electrons. The Balaban J connectivity index is 1.84. The van der Waals surface area contributed by atoms with Crippen LogP contribution in [0.4, 0.5) is 5.69 Å². The summed E-state index contributed by atoms with van der Waals surface area (Å²) < 4.78 is 5.26. The van der Waals surface area contributed by atoms with Crippen LogP contribution >= 0.6 is 0 Å². The first-order valence-electron chi connectivity index (χ1n) is 8.49. The summed E-state index contributed by atoms with van der Waals surface area (Å²) >= 11 is 0. The topological polar surface area (TPSA) is 37.4 Å². The van der Waals surface area contributed by atoms with Crippen LogP contribution in [0.15, 0.2) is 54.6 Å². The molecule has 0 amide bonds. The van der Waals surface area contributed by atoms with Crippen LogP contribution in [0.2, 0.25) is 0 Å². The highest BCUT2D eigenvalue weighted by molar-refractivity contribution is 5.91. The maximum Gasteiger partial charge on any atom is 0.118 e. The molecule has 3 rings (SSSR count). The number of para-hydroxylation sites is 1. The molecule has 0 aliphatic rings. The van der Waals surface area contributed by atoms with Crippen molar-refractivity contribution in [1.82, 2.24) is 9.88 Å². The number of hydrogen-bond acceptors (Lipinski definition) is 4. The zero-order valence-corrected chi connectivity index (χ0v) is 15.3. The van der Waals surface area contributed by atoms with Crippen molar-refractivity contribution in [2.24, 2.45) is 0 Å².